The third-order valence-corrected chi connectivity index (χ3v) is 7.33. The molecule has 5 rings (SSSR count). The summed E-state index contributed by atoms with van der Waals surface area (Å²) in [7, 11) is 1.63. The zero-order valence-corrected chi connectivity index (χ0v) is 20.7. The van der Waals surface area contributed by atoms with Gasteiger partial charge in [-0.2, -0.15) is 5.10 Å². The quantitative estimate of drug-likeness (QED) is 0.510. The van der Waals surface area contributed by atoms with Crippen LogP contribution in [-0.4, -0.2) is 70.5 Å². The van der Waals surface area contributed by atoms with Gasteiger partial charge in [-0.05, 0) is 67.6 Å². The molecule has 0 atom stereocenters. The number of urea groups is 1. The molecule has 2 N–H and O–H groups in total. The van der Waals surface area contributed by atoms with E-state index in [0.717, 1.165) is 52.7 Å². The third-order valence-electron chi connectivity index (χ3n) is 7.33. The fourth-order valence-corrected chi connectivity index (χ4v) is 5.25. The number of aromatic nitrogens is 2. The maximum atomic E-state index is 12.9. The van der Waals surface area contributed by atoms with Gasteiger partial charge in [-0.1, -0.05) is 0 Å². The number of aryl methyl sites for hydroxylation is 1. The van der Waals surface area contributed by atoms with E-state index in [1.54, 1.807) is 13.3 Å². The number of methoxy groups -OCH3 is 1. The van der Waals surface area contributed by atoms with Crippen LogP contribution in [0.2, 0.25) is 0 Å². The van der Waals surface area contributed by atoms with Gasteiger partial charge in [-0.15, -0.1) is 0 Å². The van der Waals surface area contributed by atoms with Crippen LogP contribution in [0.5, 0.6) is 5.75 Å². The number of rotatable bonds is 6. The van der Waals surface area contributed by atoms with E-state index < -0.39 is 0 Å². The number of anilines is 1. The Kier molecular flexibility index (Phi) is 6.63. The normalized spacial score (nSPS) is 16.4. The molecule has 0 aliphatic carbocycles. The number of ketones is 1. The predicted octanol–water partition coefficient (Wildman–Crippen LogP) is 3.92. The highest BCUT2D eigenvalue weighted by atomic mass is 16.5. The lowest BCUT2D eigenvalue weighted by Gasteiger charge is -2.38. The Bertz CT molecular complexity index is 1310. The molecule has 1 fully saturated rings. The van der Waals surface area contributed by atoms with Crippen LogP contribution in [0.3, 0.4) is 0 Å². The van der Waals surface area contributed by atoms with E-state index in [1.165, 1.54) is 0 Å². The number of hydrogen-bond acceptors (Lipinski definition) is 5. The topological polar surface area (TPSA) is 108 Å². The summed E-state index contributed by atoms with van der Waals surface area (Å²) >= 11 is 0. The Hall–Kier alpha value is -3.88. The van der Waals surface area contributed by atoms with Gasteiger partial charge in [0.15, 0.2) is 5.78 Å². The van der Waals surface area contributed by atoms with E-state index in [4.69, 9.17) is 4.74 Å². The van der Waals surface area contributed by atoms with Crippen molar-refractivity contribution in [1.29, 1.82) is 0 Å². The first kappa shape index (κ1) is 23.8. The average Bonchev–Trinajstić information content (AvgIpc) is 3.31. The standard InChI is InChI=1S/C27H31N5O4/c1-17-13-19(14-20-16-28-30-26(17)20)24(33)5-6-25(34)31-10-8-21(9-11-31)32-12-7-18-15-22(36-2)3-4-23(18)29-27(32)35/h3-4,13-16,21H,5-12H2,1-2H3,(H,28,30)(H,29,35). The molecule has 2 aromatic carbocycles. The molecule has 3 heterocycles. The second-order valence-electron chi connectivity index (χ2n) is 9.56. The van der Waals surface area contributed by atoms with E-state index in [0.29, 0.717) is 25.2 Å². The molecule has 0 radical (unpaired) electrons. The van der Waals surface area contributed by atoms with Crippen molar-refractivity contribution >= 4 is 34.3 Å². The molecule has 9 nitrogen and oxygen atoms in total. The van der Waals surface area contributed by atoms with Crippen LogP contribution in [0.15, 0.2) is 36.5 Å². The molecule has 1 saturated heterocycles. The van der Waals surface area contributed by atoms with Crippen LogP contribution >= 0.6 is 0 Å². The van der Waals surface area contributed by atoms with Gasteiger partial charge in [0.25, 0.3) is 0 Å². The molecule has 3 amide bonds. The molecule has 0 unspecified atom stereocenters. The Morgan fingerprint density at radius 3 is 2.69 bits per heavy atom. The number of amides is 3. The first-order valence-corrected chi connectivity index (χ1v) is 12.4. The van der Waals surface area contributed by atoms with Crippen LogP contribution in [0, 0.1) is 6.92 Å². The summed E-state index contributed by atoms with van der Waals surface area (Å²) in [5.74, 6) is 0.725. The summed E-state index contributed by atoms with van der Waals surface area (Å²) in [5.41, 5.74) is 4.37. The number of ether oxygens (including phenoxy) is 1. The zero-order valence-electron chi connectivity index (χ0n) is 20.7. The molecule has 2 aliphatic rings. The van der Waals surface area contributed by atoms with Crippen molar-refractivity contribution < 1.29 is 19.1 Å². The van der Waals surface area contributed by atoms with Crippen molar-refractivity contribution in [2.24, 2.45) is 0 Å². The van der Waals surface area contributed by atoms with Crippen LogP contribution in [0.25, 0.3) is 10.9 Å². The number of likely N-dealkylation sites (tertiary alicyclic amines) is 1. The summed E-state index contributed by atoms with van der Waals surface area (Å²) in [4.78, 5) is 42.2. The van der Waals surface area contributed by atoms with E-state index in [9.17, 15) is 14.4 Å². The monoisotopic (exact) mass is 489 g/mol. The second-order valence-corrected chi connectivity index (χ2v) is 9.56. The summed E-state index contributed by atoms with van der Waals surface area (Å²) < 4.78 is 5.32. The molecule has 9 heteroatoms. The van der Waals surface area contributed by atoms with Gasteiger partial charge in [0.1, 0.15) is 5.75 Å². The SMILES string of the molecule is COc1ccc2c(c1)CCN(C1CCN(C(=O)CCC(=O)c3cc(C)c4[nH]ncc4c3)CC1)C(=O)N2. The highest BCUT2D eigenvalue weighted by Gasteiger charge is 2.31. The average molecular weight is 490 g/mol. The summed E-state index contributed by atoms with van der Waals surface area (Å²) in [6.07, 6.45) is 4.27. The number of H-pyrrole nitrogens is 1. The van der Waals surface area contributed by atoms with Gasteiger partial charge in [-0.25, -0.2) is 4.79 Å². The minimum absolute atomic E-state index is 0.0114. The van der Waals surface area contributed by atoms with Crippen molar-refractivity contribution in [2.45, 2.75) is 45.1 Å². The molecule has 2 aliphatic heterocycles. The maximum Gasteiger partial charge on any atom is 0.322 e. The number of aromatic amines is 1. The van der Waals surface area contributed by atoms with Gasteiger partial charge >= 0.3 is 6.03 Å². The Balaban J connectivity index is 1.13. The number of nitrogens with zero attached hydrogens (tertiary/aromatic N) is 3. The van der Waals surface area contributed by atoms with Crippen molar-refractivity contribution in [2.75, 3.05) is 32.1 Å². The molecular weight excluding hydrogens is 458 g/mol. The zero-order chi connectivity index (χ0) is 25.2. The highest BCUT2D eigenvalue weighted by molar-refractivity contribution is 6.01. The maximum absolute atomic E-state index is 12.9. The molecule has 3 aromatic rings. The van der Waals surface area contributed by atoms with Crippen LogP contribution in [0.4, 0.5) is 10.5 Å². The molecule has 0 saturated carbocycles. The fourth-order valence-electron chi connectivity index (χ4n) is 5.25. The van der Waals surface area contributed by atoms with Gasteiger partial charge < -0.3 is 19.9 Å². The molecule has 36 heavy (non-hydrogen) atoms. The Morgan fingerprint density at radius 2 is 1.92 bits per heavy atom. The van der Waals surface area contributed by atoms with E-state index in [-0.39, 0.29) is 36.6 Å². The van der Waals surface area contributed by atoms with E-state index >= 15 is 0 Å². The lowest BCUT2D eigenvalue weighted by atomic mass is 10.00. The van der Waals surface area contributed by atoms with E-state index in [2.05, 4.69) is 15.5 Å². The van der Waals surface area contributed by atoms with E-state index in [1.807, 2.05) is 47.1 Å². The molecule has 0 bridgehead atoms. The molecule has 1 aromatic heterocycles. The molecule has 0 spiro atoms. The van der Waals surface area contributed by atoms with Crippen molar-refractivity contribution in [3.05, 3.63) is 53.2 Å². The molecular formula is C27H31N5O4. The van der Waals surface area contributed by atoms with Gasteiger partial charge in [0.05, 0.1) is 18.8 Å². The summed E-state index contributed by atoms with van der Waals surface area (Å²) in [5, 5.41) is 10.9. The molecule has 188 valence electrons. The van der Waals surface area contributed by atoms with Gasteiger partial charge in [0, 0.05) is 55.2 Å². The van der Waals surface area contributed by atoms with Crippen molar-refractivity contribution in [1.82, 2.24) is 20.0 Å². The lowest BCUT2D eigenvalue weighted by Crippen LogP contribution is -2.50. The Labute approximate surface area is 209 Å². The lowest BCUT2D eigenvalue weighted by molar-refractivity contribution is -0.132. The fraction of sp³-hybridized carbons (Fsp3) is 0.407. The van der Waals surface area contributed by atoms with Crippen molar-refractivity contribution in [3.63, 3.8) is 0 Å². The minimum Gasteiger partial charge on any atom is -0.497 e. The number of carbonyl (C=O) groups is 3. The summed E-state index contributed by atoms with van der Waals surface area (Å²) in [6.45, 7) is 3.73. The largest absolute Gasteiger partial charge is 0.497 e. The third kappa shape index (κ3) is 4.78. The van der Waals surface area contributed by atoms with Crippen LogP contribution in [-0.2, 0) is 11.2 Å². The predicted molar refractivity (Wildman–Crippen MR) is 136 cm³/mol. The highest BCUT2D eigenvalue weighted by Crippen LogP contribution is 2.28. The minimum atomic E-state index is -0.0980. The number of nitrogens with one attached hydrogen (secondary N) is 2. The number of carbonyl (C=O) groups excluding carboxylic acids is 3. The summed E-state index contributed by atoms with van der Waals surface area (Å²) in [6, 6.07) is 9.35. The van der Waals surface area contributed by atoms with Gasteiger partial charge in [-0.3, -0.25) is 14.7 Å². The van der Waals surface area contributed by atoms with Crippen LogP contribution < -0.4 is 10.1 Å². The Morgan fingerprint density at radius 1 is 1.11 bits per heavy atom. The number of fused-ring (bicyclic) bond motifs is 2. The van der Waals surface area contributed by atoms with Crippen LogP contribution in [0.1, 0.15) is 47.2 Å². The number of hydrogen-bond donors (Lipinski definition) is 2. The first-order chi connectivity index (χ1) is 17.4. The number of piperidine rings is 1. The number of benzene rings is 2. The first-order valence-electron chi connectivity index (χ1n) is 12.4. The smallest absolute Gasteiger partial charge is 0.322 e. The van der Waals surface area contributed by atoms with Crippen molar-refractivity contribution in [3.8, 4) is 5.75 Å². The van der Waals surface area contributed by atoms with Gasteiger partial charge in [0.2, 0.25) is 5.91 Å². The number of Topliss-reactive ketones (excluding diaryl/α,β-unsaturated/α-hetero) is 1. The second kappa shape index (κ2) is 10.0.